The second-order valence-electron chi connectivity index (χ2n) is 5.01. The first-order chi connectivity index (χ1) is 10.1. The number of thioether (sulfide) groups is 1. The van der Waals surface area contributed by atoms with E-state index in [1.54, 1.807) is 26.0 Å². The number of rotatable bonds is 7. The monoisotopic (exact) mass is 346 g/mol. The molecule has 0 fully saturated rings. The number of carbonyl (C=O) groups is 1. The molecule has 0 aromatic heterocycles. The average Bonchev–Trinajstić information content (AvgIpc) is 2.36. The van der Waals surface area contributed by atoms with Crippen molar-refractivity contribution in [3.05, 3.63) is 34.4 Å². The summed E-state index contributed by atoms with van der Waals surface area (Å²) < 4.78 is 22.3. The lowest BCUT2D eigenvalue weighted by molar-refractivity contribution is -0.384. The molecular weight excluding hydrogens is 328 g/mol. The molecule has 0 aliphatic carbocycles. The number of nitro groups is 1. The molecule has 1 aromatic carbocycles. The number of benzene rings is 1. The molecule has 2 atom stereocenters. The van der Waals surface area contributed by atoms with E-state index in [1.165, 1.54) is 23.9 Å². The maximum atomic E-state index is 12.0. The van der Waals surface area contributed by atoms with E-state index >= 15 is 0 Å². The lowest BCUT2D eigenvalue weighted by Crippen LogP contribution is -2.41. The molecule has 0 aliphatic rings. The number of amides is 1. The van der Waals surface area contributed by atoms with Crippen LogP contribution < -0.4 is 5.32 Å². The molecule has 7 nitrogen and oxygen atoms in total. The van der Waals surface area contributed by atoms with Gasteiger partial charge in [-0.05, 0) is 26.0 Å². The SMILES string of the molecule is C[C@H](CS(C)(=O)=O)NC(=O)[C@H](C)Sc1ccc([N+](=O)[O-])cc1. The Balaban J connectivity index is 2.58. The second kappa shape index (κ2) is 7.59. The Morgan fingerprint density at radius 2 is 1.86 bits per heavy atom. The molecule has 9 heteroatoms. The fourth-order valence-corrected chi connectivity index (χ4v) is 3.63. The second-order valence-corrected chi connectivity index (χ2v) is 8.61. The van der Waals surface area contributed by atoms with Gasteiger partial charge in [0.15, 0.2) is 0 Å². The summed E-state index contributed by atoms with van der Waals surface area (Å²) in [4.78, 5) is 22.8. The highest BCUT2D eigenvalue weighted by molar-refractivity contribution is 8.00. The number of sulfone groups is 1. The molecule has 0 aliphatic heterocycles. The molecule has 1 N–H and O–H groups in total. The molecule has 1 aromatic rings. The summed E-state index contributed by atoms with van der Waals surface area (Å²) in [7, 11) is -3.15. The molecule has 0 saturated heterocycles. The van der Waals surface area contributed by atoms with Gasteiger partial charge in [0.05, 0.1) is 15.9 Å². The highest BCUT2D eigenvalue weighted by Crippen LogP contribution is 2.25. The number of non-ortho nitro benzene ring substituents is 1. The summed E-state index contributed by atoms with van der Waals surface area (Å²) in [5.41, 5.74) is -0.0109. The highest BCUT2D eigenvalue weighted by atomic mass is 32.2. The first-order valence-electron chi connectivity index (χ1n) is 6.47. The predicted molar refractivity (Wildman–Crippen MR) is 85.7 cm³/mol. The van der Waals surface area contributed by atoms with Crippen molar-refractivity contribution in [2.45, 2.75) is 30.0 Å². The minimum Gasteiger partial charge on any atom is -0.352 e. The van der Waals surface area contributed by atoms with Crippen molar-refractivity contribution >= 4 is 33.2 Å². The minimum atomic E-state index is -3.15. The van der Waals surface area contributed by atoms with Crippen LogP contribution in [0, 0.1) is 10.1 Å². The van der Waals surface area contributed by atoms with E-state index in [-0.39, 0.29) is 17.3 Å². The maximum absolute atomic E-state index is 12.0. The number of nitro benzene ring substituents is 1. The number of nitrogens with zero attached hydrogens (tertiary/aromatic N) is 1. The smallest absolute Gasteiger partial charge is 0.269 e. The third kappa shape index (κ3) is 6.44. The Hall–Kier alpha value is -1.61. The Morgan fingerprint density at radius 3 is 2.32 bits per heavy atom. The number of hydrogen-bond donors (Lipinski definition) is 1. The van der Waals surface area contributed by atoms with E-state index in [4.69, 9.17) is 0 Å². The van der Waals surface area contributed by atoms with Gasteiger partial charge >= 0.3 is 0 Å². The molecule has 122 valence electrons. The molecule has 0 unspecified atom stereocenters. The van der Waals surface area contributed by atoms with E-state index in [1.807, 2.05) is 0 Å². The van der Waals surface area contributed by atoms with Crippen molar-refractivity contribution in [2.75, 3.05) is 12.0 Å². The first kappa shape index (κ1) is 18.4. The first-order valence-corrected chi connectivity index (χ1v) is 9.41. The summed E-state index contributed by atoms with van der Waals surface area (Å²) in [5, 5.41) is 12.8. The van der Waals surface area contributed by atoms with Crippen LogP contribution in [-0.4, -0.2) is 42.5 Å². The van der Waals surface area contributed by atoms with E-state index in [0.29, 0.717) is 0 Å². The highest BCUT2D eigenvalue weighted by Gasteiger charge is 2.19. The standard InChI is InChI=1S/C13H18N2O5S2/c1-9(8-22(3,19)20)14-13(16)10(2)21-12-6-4-11(5-7-12)15(17)18/h4-7,9-10H,8H2,1-3H3,(H,14,16)/t9-,10+/m1/s1. The quantitative estimate of drug-likeness (QED) is 0.457. The molecule has 0 heterocycles. The van der Waals surface area contributed by atoms with Crippen LogP contribution in [0.4, 0.5) is 5.69 Å². The summed E-state index contributed by atoms with van der Waals surface area (Å²) in [6.07, 6.45) is 1.12. The van der Waals surface area contributed by atoms with E-state index in [0.717, 1.165) is 11.2 Å². The number of nitrogens with one attached hydrogen (secondary N) is 1. The van der Waals surface area contributed by atoms with Crippen molar-refractivity contribution in [3.8, 4) is 0 Å². The summed E-state index contributed by atoms with van der Waals surface area (Å²) in [6.45, 7) is 3.32. The fourth-order valence-electron chi connectivity index (χ4n) is 1.76. The number of carbonyl (C=O) groups excluding carboxylic acids is 1. The van der Waals surface area contributed by atoms with Crippen molar-refractivity contribution in [1.29, 1.82) is 0 Å². The average molecular weight is 346 g/mol. The molecule has 0 spiro atoms. The van der Waals surface area contributed by atoms with E-state index in [2.05, 4.69) is 5.32 Å². The van der Waals surface area contributed by atoms with Crippen LogP contribution in [0.5, 0.6) is 0 Å². The lowest BCUT2D eigenvalue weighted by atomic mass is 10.3. The van der Waals surface area contributed by atoms with Crippen LogP contribution in [0.15, 0.2) is 29.2 Å². The van der Waals surface area contributed by atoms with Crippen LogP contribution >= 0.6 is 11.8 Å². The fraction of sp³-hybridized carbons (Fsp3) is 0.462. The summed E-state index contributed by atoms with van der Waals surface area (Å²) in [5.74, 6) is -0.396. The topological polar surface area (TPSA) is 106 Å². The normalized spacial score (nSPS) is 14.1. The zero-order valence-corrected chi connectivity index (χ0v) is 14.1. The van der Waals surface area contributed by atoms with Crippen molar-refractivity contribution in [1.82, 2.24) is 5.32 Å². The Kier molecular flexibility index (Phi) is 6.36. The van der Waals surface area contributed by atoms with E-state index < -0.39 is 26.1 Å². The summed E-state index contributed by atoms with van der Waals surface area (Å²) in [6, 6.07) is 5.43. The third-order valence-corrected chi connectivity index (χ3v) is 4.89. The zero-order chi connectivity index (χ0) is 16.9. The van der Waals surface area contributed by atoms with Crippen molar-refractivity contribution in [3.63, 3.8) is 0 Å². The van der Waals surface area contributed by atoms with Crippen LogP contribution in [0.2, 0.25) is 0 Å². The molecule has 0 radical (unpaired) electrons. The molecule has 0 bridgehead atoms. The van der Waals surface area contributed by atoms with Crippen LogP contribution in [0.25, 0.3) is 0 Å². The molecule has 0 saturated carbocycles. The largest absolute Gasteiger partial charge is 0.352 e. The van der Waals surface area contributed by atoms with Crippen molar-refractivity contribution in [2.24, 2.45) is 0 Å². The van der Waals surface area contributed by atoms with Crippen LogP contribution in [0.1, 0.15) is 13.8 Å². The van der Waals surface area contributed by atoms with Gasteiger partial charge in [-0.1, -0.05) is 0 Å². The molecular formula is C13H18N2O5S2. The van der Waals surface area contributed by atoms with Crippen LogP contribution in [-0.2, 0) is 14.6 Å². The van der Waals surface area contributed by atoms with Gasteiger partial charge in [0.2, 0.25) is 5.91 Å². The van der Waals surface area contributed by atoms with Gasteiger partial charge in [-0.15, -0.1) is 11.8 Å². The van der Waals surface area contributed by atoms with Gasteiger partial charge in [0, 0.05) is 29.3 Å². The molecule has 22 heavy (non-hydrogen) atoms. The Morgan fingerprint density at radius 1 is 1.32 bits per heavy atom. The zero-order valence-electron chi connectivity index (χ0n) is 12.5. The maximum Gasteiger partial charge on any atom is 0.269 e. The Bertz CT molecular complexity index is 643. The third-order valence-electron chi connectivity index (χ3n) is 2.67. The van der Waals surface area contributed by atoms with Crippen molar-refractivity contribution < 1.29 is 18.1 Å². The van der Waals surface area contributed by atoms with Crippen LogP contribution in [0.3, 0.4) is 0 Å². The Labute approximate surface area is 133 Å². The van der Waals surface area contributed by atoms with Gasteiger partial charge in [0.1, 0.15) is 9.84 Å². The van der Waals surface area contributed by atoms with E-state index in [9.17, 15) is 23.3 Å². The van der Waals surface area contributed by atoms with Gasteiger partial charge < -0.3 is 5.32 Å². The van der Waals surface area contributed by atoms with Gasteiger partial charge in [-0.25, -0.2) is 8.42 Å². The molecule has 1 amide bonds. The number of hydrogen-bond acceptors (Lipinski definition) is 6. The van der Waals surface area contributed by atoms with Gasteiger partial charge in [-0.3, -0.25) is 14.9 Å². The minimum absolute atomic E-state index is 0.0109. The molecule has 1 rings (SSSR count). The summed E-state index contributed by atoms with van der Waals surface area (Å²) >= 11 is 1.25. The lowest BCUT2D eigenvalue weighted by Gasteiger charge is -2.16. The van der Waals surface area contributed by atoms with Gasteiger partial charge in [-0.2, -0.15) is 0 Å². The predicted octanol–water partition coefficient (Wildman–Crippen LogP) is 1.62. The van der Waals surface area contributed by atoms with Gasteiger partial charge in [0.25, 0.3) is 5.69 Å².